The Hall–Kier alpha value is -1.98. The fourth-order valence-electron chi connectivity index (χ4n) is 5.57. The summed E-state index contributed by atoms with van der Waals surface area (Å²) in [6.45, 7) is 2.95. The lowest BCUT2D eigenvalue weighted by Gasteiger charge is -2.46. The summed E-state index contributed by atoms with van der Waals surface area (Å²) in [5, 5.41) is 12.5. The number of nitrogens with zero attached hydrogens (tertiary/aromatic N) is 1. The molecule has 142 valence electrons. The first-order valence-corrected chi connectivity index (χ1v) is 9.91. The number of hydrogen-bond donors (Lipinski definition) is 2. The number of aromatic nitrogens is 1. The second-order valence-electron chi connectivity index (χ2n) is 8.06. The molecule has 5 rings (SSSR count). The van der Waals surface area contributed by atoms with Gasteiger partial charge < -0.3 is 19.7 Å². The number of halogens is 1. The maximum Gasteiger partial charge on any atom is 0.335 e. The van der Waals surface area contributed by atoms with Crippen molar-refractivity contribution in [1.82, 2.24) is 9.88 Å². The summed E-state index contributed by atoms with van der Waals surface area (Å²) in [5.41, 5.74) is 4.30. The Morgan fingerprint density at radius 3 is 3.00 bits per heavy atom. The number of ether oxygens (including phenoxy) is 1. The minimum atomic E-state index is -0.405. The lowest BCUT2D eigenvalue weighted by atomic mass is 9.74. The van der Waals surface area contributed by atoms with E-state index >= 15 is 0 Å². The first-order chi connectivity index (χ1) is 13.0. The van der Waals surface area contributed by atoms with Gasteiger partial charge in [-0.15, -0.1) is 0 Å². The molecule has 3 heterocycles. The van der Waals surface area contributed by atoms with Gasteiger partial charge in [0.15, 0.2) is 0 Å². The predicted octanol–water partition coefficient (Wildman–Crippen LogP) is 3.42. The topological polar surface area (TPSA) is 65.6 Å². The van der Waals surface area contributed by atoms with E-state index in [-0.39, 0.29) is 29.8 Å². The van der Waals surface area contributed by atoms with E-state index < -0.39 is 6.10 Å². The van der Waals surface area contributed by atoms with Crippen molar-refractivity contribution in [3.63, 3.8) is 0 Å². The average molecular weight is 387 g/mol. The second-order valence-corrected chi connectivity index (χ2v) is 8.50. The third-order valence-electron chi connectivity index (χ3n) is 6.84. The van der Waals surface area contributed by atoms with Crippen LogP contribution in [0, 0.1) is 17.8 Å². The third-order valence-corrected chi connectivity index (χ3v) is 7.07. The molecule has 1 fully saturated rings. The van der Waals surface area contributed by atoms with Gasteiger partial charge in [0.1, 0.15) is 0 Å². The van der Waals surface area contributed by atoms with Crippen molar-refractivity contribution in [2.75, 3.05) is 13.7 Å². The molecule has 1 aromatic carbocycles. The highest BCUT2D eigenvalue weighted by Crippen LogP contribution is 2.54. The van der Waals surface area contributed by atoms with Gasteiger partial charge in [0.25, 0.3) is 0 Å². The number of hydrogen-bond acceptors (Lipinski definition) is 4. The van der Waals surface area contributed by atoms with Gasteiger partial charge in [-0.1, -0.05) is 24.6 Å². The van der Waals surface area contributed by atoms with E-state index in [1.165, 1.54) is 23.8 Å². The number of benzene rings is 1. The Balaban J connectivity index is 1.68. The number of nitrogens with one attached hydrogen (secondary N) is 1. The second kappa shape index (κ2) is 6.01. The Bertz CT molecular complexity index is 966. The van der Waals surface area contributed by atoms with Crippen molar-refractivity contribution in [1.29, 1.82) is 0 Å². The van der Waals surface area contributed by atoms with Crippen molar-refractivity contribution in [2.45, 2.75) is 31.9 Å². The van der Waals surface area contributed by atoms with Crippen molar-refractivity contribution < 1.29 is 14.6 Å². The first kappa shape index (κ1) is 17.1. The summed E-state index contributed by atoms with van der Waals surface area (Å²) in [7, 11) is 1.43. The van der Waals surface area contributed by atoms with E-state index in [4.69, 9.17) is 16.3 Å². The molecule has 0 radical (unpaired) electrons. The number of aliphatic hydroxyl groups is 1. The minimum Gasteiger partial charge on any atom is -0.466 e. The fourth-order valence-corrected chi connectivity index (χ4v) is 5.74. The molecule has 1 unspecified atom stereocenters. The minimum absolute atomic E-state index is 0.0182. The van der Waals surface area contributed by atoms with Crippen LogP contribution in [0.15, 0.2) is 30.0 Å². The number of rotatable bonds is 1. The highest BCUT2D eigenvalue weighted by Gasteiger charge is 2.53. The number of methoxy groups -OCH3 is 1. The molecule has 5 atom stereocenters. The molecule has 0 saturated heterocycles. The number of fused-ring (bicyclic) bond motifs is 7. The molecule has 5 nitrogen and oxygen atoms in total. The van der Waals surface area contributed by atoms with Gasteiger partial charge >= 0.3 is 5.97 Å². The predicted molar refractivity (Wildman–Crippen MR) is 103 cm³/mol. The third kappa shape index (κ3) is 2.38. The van der Waals surface area contributed by atoms with Crippen LogP contribution in [0.3, 0.4) is 0 Å². The zero-order chi connectivity index (χ0) is 18.9. The molecule has 1 saturated carbocycles. The summed E-state index contributed by atoms with van der Waals surface area (Å²) in [4.78, 5) is 18.3. The molecule has 27 heavy (non-hydrogen) atoms. The van der Waals surface area contributed by atoms with Crippen LogP contribution in [0.4, 0.5) is 0 Å². The van der Waals surface area contributed by atoms with Crippen LogP contribution in [0.2, 0.25) is 5.02 Å². The SMILES string of the molecule is COC(=O)C1=CN2CCc3c([nH]c4cc(Cl)ccc34)C2[C@@H]2[C@@H](C)[C@@H](O)C[C@H]12. The van der Waals surface area contributed by atoms with E-state index in [0.29, 0.717) is 12.0 Å². The van der Waals surface area contributed by atoms with Crippen LogP contribution in [-0.4, -0.2) is 40.7 Å². The van der Waals surface area contributed by atoms with E-state index in [2.05, 4.69) is 22.9 Å². The molecular weight excluding hydrogens is 364 g/mol. The van der Waals surface area contributed by atoms with Crippen LogP contribution in [0.1, 0.15) is 30.6 Å². The van der Waals surface area contributed by atoms with Gasteiger partial charge in [-0.05, 0) is 42.4 Å². The molecule has 6 heteroatoms. The quantitative estimate of drug-likeness (QED) is 0.737. The molecule has 0 bridgehead atoms. The zero-order valence-electron chi connectivity index (χ0n) is 15.4. The first-order valence-electron chi connectivity index (χ1n) is 9.53. The van der Waals surface area contributed by atoms with E-state index in [9.17, 15) is 9.90 Å². The lowest BCUT2D eigenvalue weighted by Crippen LogP contribution is -2.44. The van der Waals surface area contributed by atoms with E-state index in [1.54, 1.807) is 0 Å². The van der Waals surface area contributed by atoms with E-state index in [1.807, 2.05) is 18.3 Å². The molecule has 2 aliphatic heterocycles. The van der Waals surface area contributed by atoms with Crippen molar-refractivity contribution in [3.05, 3.63) is 46.3 Å². The van der Waals surface area contributed by atoms with Crippen LogP contribution in [0.5, 0.6) is 0 Å². The summed E-state index contributed by atoms with van der Waals surface area (Å²) in [5.74, 6) is 0.0158. The number of carbonyl (C=O) groups excluding carboxylic acids is 1. The summed E-state index contributed by atoms with van der Waals surface area (Å²) < 4.78 is 5.04. The Morgan fingerprint density at radius 2 is 2.22 bits per heavy atom. The highest BCUT2D eigenvalue weighted by atomic mass is 35.5. The van der Waals surface area contributed by atoms with Crippen molar-refractivity contribution >= 4 is 28.5 Å². The van der Waals surface area contributed by atoms with Crippen LogP contribution >= 0.6 is 11.6 Å². The maximum atomic E-state index is 12.4. The monoisotopic (exact) mass is 386 g/mol. The standard InChI is InChI=1S/C21H23ClN2O3/c1-10-17(25)8-14-15(21(26)27-2)9-24-6-5-13-12-4-3-11(22)7-16(12)23-19(13)20(24)18(10)14/h3-4,7,9-10,14,17-18,20,23,25H,5-6,8H2,1-2H3/t10-,14+,17-,18+,20?/m0/s1. The molecular formula is C21H23ClN2O3. The normalized spacial score (nSPS) is 31.9. The van der Waals surface area contributed by atoms with Gasteiger partial charge in [-0.25, -0.2) is 4.79 Å². The number of H-pyrrole nitrogens is 1. The number of aliphatic hydroxyl groups excluding tert-OH is 1. The van der Waals surface area contributed by atoms with Gasteiger partial charge in [0.05, 0.1) is 24.8 Å². The number of esters is 1. The van der Waals surface area contributed by atoms with Gasteiger partial charge in [-0.2, -0.15) is 0 Å². The van der Waals surface area contributed by atoms with Crippen LogP contribution in [-0.2, 0) is 16.0 Å². The molecule has 3 aliphatic rings. The maximum absolute atomic E-state index is 12.4. The summed E-state index contributed by atoms with van der Waals surface area (Å²) in [6.07, 6.45) is 3.09. The Morgan fingerprint density at radius 1 is 1.41 bits per heavy atom. The Labute approximate surface area is 162 Å². The molecule has 1 aliphatic carbocycles. The Kier molecular flexibility index (Phi) is 3.82. The van der Waals surface area contributed by atoms with Crippen LogP contribution in [0.25, 0.3) is 10.9 Å². The van der Waals surface area contributed by atoms with Crippen molar-refractivity contribution in [3.8, 4) is 0 Å². The molecule has 2 N–H and O–H groups in total. The molecule has 0 amide bonds. The summed E-state index contributed by atoms with van der Waals surface area (Å²) >= 11 is 6.20. The molecule has 1 aromatic heterocycles. The smallest absolute Gasteiger partial charge is 0.335 e. The van der Waals surface area contributed by atoms with Gasteiger partial charge in [-0.3, -0.25) is 0 Å². The van der Waals surface area contributed by atoms with Gasteiger partial charge in [0.2, 0.25) is 0 Å². The number of aromatic amines is 1. The fraction of sp³-hybridized carbons (Fsp3) is 0.476. The van der Waals surface area contributed by atoms with E-state index in [0.717, 1.165) is 23.5 Å². The largest absolute Gasteiger partial charge is 0.466 e. The average Bonchev–Trinajstić information content (AvgIpc) is 3.17. The molecule has 2 aromatic rings. The molecule has 0 spiro atoms. The van der Waals surface area contributed by atoms with Crippen LogP contribution < -0.4 is 0 Å². The lowest BCUT2D eigenvalue weighted by molar-refractivity contribution is -0.137. The number of carbonyl (C=O) groups is 1. The van der Waals surface area contributed by atoms with Gasteiger partial charge in [0, 0.05) is 40.3 Å². The van der Waals surface area contributed by atoms with Crippen molar-refractivity contribution in [2.24, 2.45) is 17.8 Å². The zero-order valence-corrected chi connectivity index (χ0v) is 16.2. The summed E-state index contributed by atoms with van der Waals surface area (Å²) in [6, 6.07) is 6.13. The highest BCUT2D eigenvalue weighted by molar-refractivity contribution is 6.31.